The minimum absolute atomic E-state index is 0. The average molecular weight is 615 g/mol. The Balaban J connectivity index is 0.00000253. The fourth-order valence-electron chi connectivity index (χ4n) is 3.39. The molecular formula is C19H20N8Na2O7S3. The molecule has 0 spiro atoms. The number of hydrogen-bond donors (Lipinski definition) is 2. The second-order valence-corrected chi connectivity index (χ2v) is 10.1. The van der Waals surface area contributed by atoms with Gasteiger partial charge in [-0.15, -0.1) is 23.1 Å². The first kappa shape index (κ1) is 35.4. The molecule has 0 bridgehead atoms. The number of amides is 2. The topological polar surface area (TPSA) is 221 Å². The standard InChI is InChI=1S/C18H18N8O7S3.CH4.2Na/c1-25-18(22-12(28)13(29)23-25)36-4-6-3-34-15-9(14(30)26(15)10(6)16(31)32)21-11(27)8(24-33-2)7-5-35-17(19)20-7;;;/h5,9,15H,3-4H2,1-2H3,(H2,19,20)(H,21,27)(H,23,29)(H,31,32);1H4;;/q;;2*+1/p-2. The number of carbonyl (C=O) groups is 3. The molecule has 4 heterocycles. The largest absolute Gasteiger partial charge is 1.00 e. The summed E-state index contributed by atoms with van der Waals surface area (Å²) in [6.07, 6.45) is 0. The third kappa shape index (κ3) is 7.36. The number of nitrogens with one attached hydrogen (secondary N) is 1. The van der Waals surface area contributed by atoms with Crippen molar-refractivity contribution in [1.82, 2.24) is 30.0 Å². The summed E-state index contributed by atoms with van der Waals surface area (Å²) < 4.78 is 1.11. The minimum Gasteiger partial charge on any atom is -0.854 e. The van der Waals surface area contributed by atoms with E-state index in [9.17, 15) is 29.4 Å². The summed E-state index contributed by atoms with van der Waals surface area (Å²) in [7, 11) is 2.66. The number of β-lactam (4-membered cyclic amide) rings is 1. The number of hydrogen-bond acceptors (Lipinski definition) is 15. The second kappa shape index (κ2) is 14.8. The van der Waals surface area contributed by atoms with Gasteiger partial charge in [0.2, 0.25) is 0 Å². The smallest absolute Gasteiger partial charge is 0.854 e. The summed E-state index contributed by atoms with van der Waals surface area (Å²) in [5.74, 6) is -3.74. The van der Waals surface area contributed by atoms with Gasteiger partial charge in [-0.2, -0.15) is 10.1 Å². The van der Waals surface area contributed by atoms with Crippen LogP contribution < -0.4 is 85.9 Å². The molecule has 2 aliphatic rings. The van der Waals surface area contributed by atoms with Gasteiger partial charge in [-0.05, 0) is 5.57 Å². The number of nitrogens with two attached hydrogens (primary N) is 1. The first-order valence-corrected chi connectivity index (χ1v) is 12.8. The van der Waals surface area contributed by atoms with Crippen LogP contribution in [0.3, 0.4) is 0 Å². The third-order valence-electron chi connectivity index (χ3n) is 4.96. The van der Waals surface area contributed by atoms with E-state index in [-0.39, 0.29) is 105 Å². The van der Waals surface area contributed by atoms with Gasteiger partial charge in [0, 0.05) is 23.9 Å². The van der Waals surface area contributed by atoms with Gasteiger partial charge in [-0.3, -0.25) is 19.3 Å². The van der Waals surface area contributed by atoms with Crippen LogP contribution in [0.1, 0.15) is 13.1 Å². The Morgan fingerprint density at radius 3 is 2.62 bits per heavy atom. The molecule has 0 radical (unpaired) electrons. The van der Waals surface area contributed by atoms with Crippen molar-refractivity contribution < 1.29 is 88.5 Å². The zero-order valence-corrected chi connectivity index (χ0v) is 26.9. The van der Waals surface area contributed by atoms with Crippen LogP contribution in [0.4, 0.5) is 5.13 Å². The first-order chi connectivity index (χ1) is 17.1. The molecule has 2 atom stereocenters. The number of aliphatic carboxylic acids is 1. The first-order valence-electron chi connectivity index (χ1n) is 9.89. The van der Waals surface area contributed by atoms with Gasteiger partial charge in [0.1, 0.15) is 24.2 Å². The molecule has 0 aromatic carbocycles. The molecule has 0 aliphatic carbocycles. The molecular weight excluding hydrogens is 594 g/mol. The monoisotopic (exact) mass is 614 g/mol. The van der Waals surface area contributed by atoms with Gasteiger partial charge in [0.25, 0.3) is 17.4 Å². The van der Waals surface area contributed by atoms with Crippen molar-refractivity contribution in [3.05, 3.63) is 32.7 Å². The van der Waals surface area contributed by atoms with Gasteiger partial charge in [-0.25, -0.2) is 9.67 Å². The van der Waals surface area contributed by atoms with E-state index in [1.807, 2.05) is 0 Å². The molecule has 2 aliphatic heterocycles. The summed E-state index contributed by atoms with van der Waals surface area (Å²) in [5, 5.41) is 34.1. The van der Waals surface area contributed by atoms with E-state index in [2.05, 4.69) is 25.5 Å². The second-order valence-electron chi connectivity index (χ2n) is 7.21. The number of aryl methyl sites for hydroxylation is 1. The molecule has 2 unspecified atom stereocenters. The number of fused-ring (bicyclic) bond motifs is 1. The van der Waals surface area contributed by atoms with Crippen LogP contribution in [0.2, 0.25) is 0 Å². The van der Waals surface area contributed by atoms with E-state index in [0.717, 1.165) is 32.7 Å². The summed E-state index contributed by atoms with van der Waals surface area (Å²) in [6, 6.07) is -1.03. The number of carboxylic acids is 1. The van der Waals surface area contributed by atoms with Gasteiger partial charge in [0.05, 0.1) is 17.5 Å². The predicted octanol–water partition coefficient (Wildman–Crippen LogP) is -8.52. The molecule has 39 heavy (non-hydrogen) atoms. The number of nitrogens with zero attached hydrogens (tertiary/aromatic N) is 6. The summed E-state index contributed by atoms with van der Waals surface area (Å²) in [6.45, 7) is 0. The van der Waals surface area contributed by atoms with Crippen LogP contribution in [0.15, 0.2) is 31.8 Å². The number of carboxylic acid groups (broad SMARTS) is 1. The van der Waals surface area contributed by atoms with Gasteiger partial charge in [0.15, 0.2) is 16.0 Å². The Bertz CT molecular complexity index is 1380. The predicted molar refractivity (Wildman–Crippen MR) is 131 cm³/mol. The van der Waals surface area contributed by atoms with Crippen LogP contribution in [0.25, 0.3) is 0 Å². The van der Waals surface area contributed by atoms with Crippen molar-refractivity contribution in [2.24, 2.45) is 12.2 Å². The van der Waals surface area contributed by atoms with E-state index in [0.29, 0.717) is 5.57 Å². The molecule has 0 saturated carbocycles. The molecule has 3 N–H and O–H groups in total. The van der Waals surface area contributed by atoms with Crippen molar-refractivity contribution in [2.75, 3.05) is 24.3 Å². The molecule has 20 heteroatoms. The van der Waals surface area contributed by atoms with Gasteiger partial charge in [-0.1, -0.05) is 24.3 Å². The maximum atomic E-state index is 12.9. The number of thioether (sulfide) groups is 2. The normalized spacial score (nSPS) is 18.1. The number of thiazole rings is 1. The molecule has 2 aromatic heterocycles. The SMILES string of the molecule is C.CON=C(C(=O)NC1C(=O)N2C(C(=O)[O-])=C(CSc3nc(=O)c([O-])nn3C)CSC12)c1csc(N)n1.[Na+].[Na+]. The Morgan fingerprint density at radius 1 is 1.33 bits per heavy atom. The number of rotatable bonds is 8. The van der Waals surface area contributed by atoms with Crippen molar-refractivity contribution in [3.8, 4) is 5.88 Å². The van der Waals surface area contributed by atoms with E-state index in [1.165, 1.54) is 31.3 Å². The summed E-state index contributed by atoms with van der Waals surface area (Å²) in [4.78, 5) is 62.5. The van der Waals surface area contributed by atoms with Gasteiger partial charge >= 0.3 is 59.1 Å². The van der Waals surface area contributed by atoms with Crippen LogP contribution in [0.5, 0.6) is 5.88 Å². The zero-order chi connectivity index (χ0) is 26.1. The van der Waals surface area contributed by atoms with E-state index >= 15 is 0 Å². The minimum atomic E-state index is -1.57. The maximum absolute atomic E-state index is 12.9. The Morgan fingerprint density at radius 2 is 2.03 bits per heavy atom. The van der Waals surface area contributed by atoms with Crippen LogP contribution in [-0.4, -0.2) is 78.2 Å². The summed E-state index contributed by atoms with van der Waals surface area (Å²) in [5.41, 5.74) is 4.57. The maximum Gasteiger partial charge on any atom is 1.00 e. The molecule has 198 valence electrons. The fourth-order valence-corrected chi connectivity index (χ4v) is 6.33. The van der Waals surface area contributed by atoms with Crippen LogP contribution in [-0.2, 0) is 26.3 Å². The number of oxime groups is 1. The Labute approximate surface area is 278 Å². The summed E-state index contributed by atoms with van der Waals surface area (Å²) >= 11 is 3.31. The molecule has 1 saturated heterocycles. The third-order valence-corrected chi connectivity index (χ3v) is 8.08. The van der Waals surface area contributed by atoms with Gasteiger partial charge < -0.3 is 30.9 Å². The number of aromatic nitrogens is 4. The van der Waals surface area contributed by atoms with Crippen molar-refractivity contribution >= 4 is 63.5 Å². The molecule has 4 rings (SSSR count). The van der Waals surface area contributed by atoms with Crippen molar-refractivity contribution in [3.63, 3.8) is 0 Å². The van der Waals surface area contributed by atoms with Crippen LogP contribution in [0, 0.1) is 0 Å². The number of carbonyl (C=O) groups excluding carboxylic acids is 3. The van der Waals surface area contributed by atoms with E-state index in [1.54, 1.807) is 0 Å². The fraction of sp³-hybridized carbons (Fsp3) is 0.368. The van der Waals surface area contributed by atoms with E-state index < -0.39 is 40.6 Å². The number of nitrogen functional groups attached to an aromatic ring is 1. The zero-order valence-electron chi connectivity index (χ0n) is 20.5. The quantitative estimate of drug-likeness (QED) is 0.0928. The van der Waals surface area contributed by atoms with Crippen molar-refractivity contribution in [2.45, 2.75) is 24.0 Å². The van der Waals surface area contributed by atoms with Crippen molar-refractivity contribution in [1.29, 1.82) is 0 Å². The molecule has 2 amide bonds. The number of anilines is 1. The average Bonchev–Trinajstić information content (AvgIpc) is 3.27. The molecule has 15 nitrogen and oxygen atoms in total. The Kier molecular flexibility index (Phi) is 13.5. The van der Waals surface area contributed by atoms with E-state index in [4.69, 9.17) is 10.6 Å². The Hall–Kier alpha value is -1.64. The van der Waals surface area contributed by atoms with Crippen LogP contribution >= 0.6 is 34.9 Å². The molecule has 2 aromatic rings. The molecule has 1 fully saturated rings.